The van der Waals surface area contributed by atoms with Gasteiger partial charge in [0.05, 0.1) is 28.3 Å². The number of hydrogen-bond donors (Lipinski definition) is 3. The predicted octanol–water partition coefficient (Wildman–Crippen LogP) is 2.35. The van der Waals surface area contributed by atoms with Gasteiger partial charge in [-0.1, -0.05) is 18.5 Å². The van der Waals surface area contributed by atoms with E-state index in [1.54, 1.807) is 6.92 Å². The second-order valence-corrected chi connectivity index (χ2v) is 6.24. The summed E-state index contributed by atoms with van der Waals surface area (Å²) in [5, 5.41) is 8.95. The number of carbonyl (C=O) groups is 3. The Balaban J connectivity index is 2.39. The first-order chi connectivity index (χ1) is 11.4. The number of carbonyl (C=O) groups excluding carboxylic acids is 3. The molecule has 2 aromatic heterocycles. The molecule has 24 heavy (non-hydrogen) atoms. The first-order valence-electron chi connectivity index (χ1n) is 6.97. The van der Waals surface area contributed by atoms with Gasteiger partial charge in [-0.05, 0) is 18.9 Å². The van der Waals surface area contributed by atoms with E-state index in [9.17, 15) is 14.4 Å². The molecule has 128 valence electrons. The quantitative estimate of drug-likeness (QED) is 0.672. The van der Waals surface area contributed by atoms with Crippen molar-refractivity contribution >= 4 is 45.7 Å². The van der Waals surface area contributed by atoms with E-state index in [1.807, 2.05) is 6.92 Å². The number of nitrogens with one attached hydrogen (secondary N) is 2. The van der Waals surface area contributed by atoms with Gasteiger partial charge in [0.25, 0.3) is 11.8 Å². The van der Waals surface area contributed by atoms with Crippen LogP contribution in [0.4, 0.5) is 5.00 Å². The first-order valence-corrected chi connectivity index (χ1v) is 8.16. The number of esters is 1. The molecule has 0 saturated heterocycles. The second kappa shape index (κ2) is 7.45. The zero-order valence-corrected chi connectivity index (χ0v) is 14.5. The molecule has 0 spiro atoms. The monoisotopic (exact) mass is 370 g/mol. The van der Waals surface area contributed by atoms with Crippen LogP contribution in [0.3, 0.4) is 0 Å². The van der Waals surface area contributed by atoms with E-state index in [-0.39, 0.29) is 32.8 Å². The van der Waals surface area contributed by atoms with Gasteiger partial charge >= 0.3 is 5.97 Å². The molecule has 2 amide bonds. The number of ether oxygens (including phenoxy) is 1. The van der Waals surface area contributed by atoms with Gasteiger partial charge in [-0.2, -0.15) is 5.10 Å². The van der Waals surface area contributed by atoms with Gasteiger partial charge in [0, 0.05) is 0 Å². The highest BCUT2D eigenvalue weighted by Crippen LogP contribution is 2.34. The van der Waals surface area contributed by atoms with Crippen LogP contribution in [-0.2, 0) is 4.74 Å². The summed E-state index contributed by atoms with van der Waals surface area (Å²) in [6.45, 7) is 3.64. The summed E-state index contributed by atoms with van der Waals surface area (Å²) < 4.78 is 5.11. The molecule has 0 fully saturated rings. The van der Waals surface area contributed by atoms with E-state index in [2.05, 4.69) is 15.5 Å². The number of hydrogen-bond acceptors (Lipinski definition) is 6. The number of thiophene rings is 1. The molecular formula is C14H15ClN4O4S. The highest BCUT2D eigenvalue weighted by atomic mass is 35.5. The molecule has 0 aromatic carbocycles. The molecule has 2 rings (SSSR count). The molecule has 4 N–H and O–H groups in total. The Morgan fingerprint density at radius 1 is 1.46 bits per heavy atom. The van der Waals surface area contributed by atoms with Crippen LogP contribution in [0.2, 0.25) is 5.02 Å². The normalized spacial score (nSPS) is 10.5. The zero-order chi connectivity index (χ0) is 17.9. The Kier molecular flexibility index (Phi) is 5.58. The van der Waals surface area contributed by atoms with Crippen molar-refractivity contribution in [1.82, 2.24) is 10.2 Å². The van der Waals surface area contributed by atoms with Gasteiger partial charge in [0.15, 0.2) is 0 Å². The Hall–Kier alpha value is -2.39. The van der Waals surface area contributed by atoms with Crippen molar-refractivity contribution in [3.05, 3.63) is 32.9 Å². The minimum Gasteiger partial charge on any atom is -0.462 e. The molecule has 10 heteroatoms. The van der Waals surface area contributed by atoms with Crippen molar-refractivity contribution in [3.63, 3.8) is 0 Å². The summed E-state index contributed by atoms with van der Waals surface area (Å²) in [7, 11) is 0. The number of aromatic amines is 1. The maximum atomic E-state index is 12.3. The van der Waals surface area contributed by atoms with Crippen LogP contribution in [0.15, 0.2) is 6.20 Å². The third-order valence-corrected chi connectivity index (χ3v) is 4.57. The molecule has 0 bridgehead atoms. The lowest BCUT2D eigenvalue weighted by atomic mass is 10.1. The number of rotatable bonds is 6. The van der Waals surface area contributed by atoms with Crippen LogP contribution in [0.5, 0.6) is 0 Å². The van der Waals surface area contributed by atoms with E-state index in [0.29, 0.717) is 12.0 Å². The Morgan fingerprint density at radius 2 is 2.17 bits per heavy atom. The number of nitrogens with zero attached hydrogens (tertiary/aromatic N) is 1. The van der Waals surface area contributed by atoms with E-state index < -0.39 is 17.8 Å². The summed E-state index contributed by atoms with van der Waals surface area (Å²) in [4.78, 5) is 36.2. The Bertz CT molecular complexity index is 799. The van der Waals surface area contributed by atoms with Gasteiger partial charge in [0.1, 0.15) is 10.7 Å². The molecule has 0 unspecified atom stereocenters. The first kappa shape index (κ1) is 18.0. The molecule has 0 aliphatic heterocycles. The molecule has 0 saturated carbocycles. The second-order valence-electron chi connectivity index (χ2n) is 4.81. The molecule has 0 atom stereocenters. The number of anilines is 1. The third-order valence-electron chi connectivity index (χ3n) is 3.06. The fourth-order valence-corrected chi connectivity index (χ4v) is 3.16. The standard InChI is InChI=1S/C14H15ClN4O4S/c1-3-4-23-14(22)8-6(2)10(11(16)20)24-13(8)18-12(21)9-7(15)5-17-19-9/h5H,3-4H2,1-2H3,(H2,16,20)(H,17,19)(H,18,21). The van der Waals surface area contributed by atoms with Crippen LogP contribution in [-0.4, -0.2) is 34.6 Å². The van der Waals surface area contributed by atoms with E-state index >= 15 is 0 Å². The Labute approximate surface area is 146 Å². The lowest BCUT2D eigenvalue weighted by Crippen LogP contribution is -2.16. The van der Waals surface area contributed by atoms with Gasteiger partial charge in [0.2, 0.25) is 0 Å². The van der Waals surface area contributed by atoms with Crippen LogP contribution in [0, 0.1) is 6.92 Å². The summed E-state index contributed by atoms with van der Waals surface area (Å²) in [6.07, 6.45) is 1.92. The average molecular weight is 371 g/mol. The van der Waals surface area contributed by atoms with Crippen molar-refractivity contribution in [2.75, 3.05) is 11.9 Å². The van der Waals surface area contributed by atoms with Gasteiger partial charge in [-0.15, -0.1) is 11.3 Å². The molecule has 0 aliphatic rings. The van der Waals surface area contributed by atoms with Gasteiger partial charge in [-0.25, -0.2) is 4.79 Å². The minimum absolute atomic E-state index is 0.0382. The van der Waals surface area contributed by atoms with E-state index in [0.717, 1.165) is 11.3 Å². The smallest absolute Gasteiger partial charge is 0.341 e. The number of primary amides is 1. The van der Waals surface area contributed by atoms with Gasteiger partial charge in [-0.3, -0.25) is 14.7 Å². The molecule has 0 radical (unpaired) electrons. The lowest BCUT2D eigenvalue weighted by Gasteiger charge is -2.07. The topological polar surface area (TPSA) is 127 Å². The number of nitrogens with two attached hydrogens (primary N) is 1. The van der Waals surface area contributed by atoms with Crippen molar-refractivity contribution < 1.29 is 19.1 Å². The largest absolute Gasteiger partial charge is 0.462 e. The summed E-state index contributed by atoms with van der Waals surface area (Å²) in [6, 6.07) is 0. The maximum Gasteiger partial charge on any atom is 0.341 e. The van der Waals surface area contributed by atoms with Crippen molar-refractivity contribution in [3.8, 4) is 0 Å². The fourth-order valence-electron chi connectivity index (χ4n) is 1.95. The highest BCUT2D eigenvalue weighted by Gasteiger charge is 2.26. The number of aromatic nitrogens is 2. The molecule has 2 heterocycles. The number of H-pyrrole nitrogens is 1. The summed E-state index contributed by atoms with van der Waals surface area (Å²) in [5.74, 6) is -1.93. The average Bonchev–Trinajstić information content (AvgIpc) is 3.08. The van der Waals surface area contributed by atoms with Crippen molar-refractivity contribution in [1.29, 1.82) is 0 Å². The van der Waals surface area contributed by atoms with Crippen LogP contribution in [0.1, 0.15) is 49.4 Å². The summed E-state index contributed by atoms with van der Waals surface area (Å²) in [5.41, 5.74) is 5.82. The van der Waals surface area contributed by atoms with E-state index in [1.165, 1.54) is 6.20 Å². The maximum absolute atomic E-state index is 12.3. The third kappa shape index (κ3) is 3.57. The minimum atomic E-state index is -0.692. The molecule has 2 aromatic rings. The zero-order valence-electron chi connectivity index (χ0n) is 12.9. The number of amides is 2. The number of halogens is 1. The van der Waals surface area contributed by atoms with Crippen LogP contribution < -0.4 is 11.1 Å². The molecular weight excluding hydrogens is 356 g/mol. The van der Waals surface area contributed by atoms with Crippen LogP contribution in [0.25, 0.3) is 0 Å². The van der Waals surface area contributed by atoms with Gasteiger partial charge < -0.3 is 15.8 Å². The SMILES string of the molecule is CCCOC(=O)c1c(NC(=O)c2[nH]ncc2Cl)sc(C(N)=O)c1C. The van der Waals surface area contributed by atoms with E-state index in [4.69, 9.17) is 22.1 Å². The van der Waals surface area contributed by atoms with Crippen molar-refractivity contribution in [2.45, 2.75) is 20.3 Å². The predicted molar refractivity (Wildman–Crippen MR) is 89.7 cm³/mol. The lowest BCUT2D eigenvalue weighted by molar-refractivity contribution is 0.0506. The molecule has 8 nitrogen and oxygen atoms in total. The van der Waals surface area contributed by atoms with Crippen molar-refractivity contribution in [2.24, 2.45) is 5.73 Å². The summed E-state index contributed by atoms with van der Waals surface area (Å²) >= 11 is 6.74. The highest BCUT2D eigenvalue weighted by molar-refractivity contribution is 7.18. The fraction of sp³-hybridized carbons (Fsp3) is 0.286. The Morgan fingerprint density at radius 3 is 2.71 bits per heavy atom. The van der Waals surface area contributed by atoms with Crippen LogP contribution >= 0.6 is 22.9 Å². The molecule has 0 aliphatic carbocycles.